The van der Waals surface area contributed by atoms with Crippen molar-refractivity contribution >= 4 is 0 Å². The van der Waals surface area contributed by atoms with Crippen molar-refractivity contribution in [2.24, 2.45) is 34.5 Å². The van der Waals surface area contributed by atoms with Gasteiger partial charge in [-0.2, -0.15) is 0 Å². The molecule has 0 unspecified atom stereocenters. The third kappa shape index (κ3) is 5.31. The van der Waals surface area contributed by atoms with Crippen LogP contribution in [0.1, 0.15) is 155 Å². The summed E-state index contributed by atoms with van der Waals surface area (Å²) >= 11 is 0. The van der Waals surface area contributed by atoms with Crippen LogP contribution in [0.15, 0.2) is 0 Å². The van der Waals surface area contributed by atoms with Gasteiger partial charge in [-0.3, -0.25) is 0 Å². The molecule has 0 radical (unpaired) electrons. The Morgan fingerprint density at radius 3 is 1.67 bits per heavy atom. The van der Waals surface area contributed by atoms with Gasteiger partial charge < -0.3 is 0 Å². The van der Waals surface area contributed by atoms with Gasteiger partial charge in [0.05, 0.1) is 0 Å². The van der Waals surface area contributed by atoms with E-state index in [1.165, 1.54) is 44.9 Å². The van der Waals surface area contributed by atoms with Crippen molar-refractivity contribution in [3.05, 3.63) is 0 Å². The van der Waals surface area contributed by atoms with Crippen molar-refractivity contribution in [1.29, 1.82) is 0 Å². The Kier molecular flexibility index (Phi) is 8.30. The van der Waals surface area contributed by atoms with Gasteiger partial charge in [0.15, 0.2) is 0 Å². The molecular weight excluding hydrogens is 360 g/mol. The molecule has 5 rings (SSSR count). The summed E-state index contributed by atoms with van der Waals surface area (Å²) in [6.07, 6.45) is 34.1. The van der Waals surface area contributed by atoms with Crippen LogP contribution in [0.2, 0.25) is 0 Å². The summed E-state index contributed by atoms with van der Waals surface area (Å²) < 4.78 is 0. The first-order chi connectivity index (χ1) is 14.7. The van der Waals surface area contributed by atoms with Crippen molar-refractivity contribution in [2.75, 3.05) is 0 Å². The fourth-order valence-corrected chi connectivity index (χ4v) is 8.86. The minimum atomic E-state index is 0.796. The Balaban J connectivity index is 1.19. The first-order valence-electron chi connectivity index (χ1n) is 14.7. The molecule has 0 N–H and O–H groups in total. The Morgan fingerprint density at radius 1 is 0.567 bits per heavy atom. The van der Waals surface area contributed by atoms with Gasteiger partial charge >= 0.3 is 0 Å². The number of rotatable bonds is 10. The largest absolute Gasteiger partial charge is 0.0654 e. The Morgan fingerprint density at radius 2 is 1.10 bits per heavy atom. The van der Waals surface area contributed by atoms with Gasteiger partial charge in [-0.15, -0.1) is 0 Å². The van der Waals surface area contributed by atoms with E-state index in [0.717, 1.165) is 34.5 Å². The van der Waals surface area contributed by atoms with E-state index in [1.54, 1.807) is 96.3 Å². The number of hydrogen-bond acceptors (Lipinski definition) is 0. The maximum Gasteiger partial charge on any atom is -0.0269 e. The highest BCUT2D eigenvalue weighted by Gasteiger charge is 2.51. The molecule has 0 saturated heterocycles. The zero-order valence-electron chi connectivity index (χ0n) is 20.9. The molecule has 0 aromatic rings. The predicted octanol–water partition coefficient (Wildman–Crippen LogP) is 10.1. The molecule has 0 atom stereocenters. The summed E-state index contributed by atoms with van der Waals surface area (Å²) in [4.78, 5) is 0. The van der Waals surface area contributed by atoms with E-state index in [-0.39, 0.29) is 0 Å². The molecule has 2 bridgehead atoms. The van der Waals surface area contributed by atoms with Crippen LogP contribution in [0.3, 0.4) is 0 Å². The van der Waals surface area contributed by atoms with Crippen molar-refractivity contribution in [1.82, 2.24) is 0 Å². The Bertz CT molecular complexity index is 464. The van der Waals surface area contributed by atoms with E-state index >= 15 is 0 Å². The first-order valence-corrected chi connectivity index (χ1v) is 14.7. The highest BCUT2D eigenvalue weighted by atomic mass is 14.6. The second kappa shape index (κ2) is 10.7. The fourth-order valence-electron chi connectivity index (χ4n) is 8.86. The zero-order chi connectivity index (χ0) is 20.9. The van der Waals surface area contributed by atoms with Crippen molar-refractivity contribution in [3.63, 3.8) is 0 Å². The lowest BCUT2D eigenvalue weighted by Gasteiger charge is -2.58. The lowest BCUT2D eigenvalue weighted by atomic mass is 9.47. The van der Waals surface area contributed by atoms with Gasteiger partial charge in [-0.05, 0) is 118 Å². The molecule has 0 heteroatoms. The highest BCUT2D eigenvalue weighted by molar-refractivity contribution is 5.03. The summed E-state index contributed by atoms with van der Waals surface area (Å²) in [7, 11) is 0. The van der Waals surface area contributed by atoms with Crippen LogP contribution >= 0.6 is 0 Å². The highest BCUT2D eigenvalue weighted by Crippen LogP contribution is 2.63. The third-order valence-corrected chi connectivity index (χ3v) is 11.2. The minimum absolute atomic E-state index is 0.796. The summed E-state index contributed by atoms with van der Waals surface area (Å²) in [6, 6.07) is 0. The fraction of sp³-hybridized carbons (Fsp3) is 1.00. The molecule has 0 aromatic heterocycles. The molecule has 30 heavy (non-hydrogen) atoms. The number of unbranched alkanes of at least 4 members (excludes halogenated alkanes) is 4. The molecule has 5 aliphatic rings. The maximum absolute atomic E-state index is 2.36. The summed E-state index contributed by atoms with van der Waals surface area (Å²) in [5, 5.41) is 0. The van der Waals surface area contributed by atoms with Crippen LogP contribution in [-0.4, -0.2) is 0 Å². The zero-order valence-corrected chi connectivity index (χ0v) is 20.9. The molecule has 5 saturated carbocycles. The van der Waals surface area contributed by atoms with Gasteiger partial charge in [-0.1, -0.05) is 71.6 Å². The second-order valence-electron chi connectivity index (χ2n) is 12.7. The van der Waals surface area contributed by atoms with Crippen molar-refractivity contribution < 1.29 is 0 Å². The standard InChI is InChI=1S/C30H54/c1-3-5-7-9-25-10-12-26(13-11-25)27-14-16-28(17-15-27)30-22-19-29(20-23-30,21-24-30)18-8-6-4-2/h25-28H,3-24H2,1-2H3/t25-,26-,27?,28?,29?,30?. The molecule has 5 aliphatic carbocycles. The SMILES string of the molecule is CCCCCC12CCC(C3CCC([C@H]4CC[C@H](CCCCC)CC4)CC3)(CC1)CC2. The van der Waals surface area contributed by atoms with Crippen LogP contribution in [-0.2, 0) is 0 Å². The Labute approximate surface area is 189 Å². The molecule has 0 spiro atoms. The van der Waals surface area contributed by atoms with E-state index < -0.39 is 0 Å². The van der Waals surface area contributed by atoms with Gasteiger partial charge in [0.1, 0.15) is 0 Å². The molecular formula is C30H54. The lowest BCUT2D eigenvalue weighted by molar-refractivity contribution is -0.0680. The molecule has 0 nitrogen and oxygen atoms in total. The lowest BCUT2D eigenvalue weighted by Crippen LogP contribution is -2.46. The number of hydrogen-bond donors (Lipinski definition) is 0. The van der Waals surface area contributed by atoms with Gasteiger partial charge in [0, 0.05) is 0 Å². The quantitative estimate of drug-likeness (QED) is 0.312. The average molecular weight is 415 g/mol. The van der Waals surface area contributed by atoms with Crippen LogP contribution < -0.4 is 0 Å². The predicted molar refractivity (Wildman–Crippen MR) is 132 cm³/mol. The first kappa shape index (κ1) is 23.2. The van der Waals surface area contributed by atoms with Gasteiger partial charge in [0.2, 0.25) is 0 Å². The van der Waals surface area contributed by atoms with E-state index in [9.17, 15) is 0 Å². The van der Waals surface area contributed by atoms with E-state index in [4.69, 9.17) is 0 Å². The maximum atomic E-state index is 2.36. The van der Waals surface area contributed by atoms with Crippen LogP contribution in [0.25, 0.3) is 0 Å². The summed E-state index contributed by atoms with van der Waals surface area (Å²) in [5.41, 5.74) is 1.60. The van der Waals surface area contributed by atoms with Crippen LogP contribution in [0, 0.1) is 34.5 Å². The molecule has 5 fully saturated rings. The molecule has 0 heterocycles. The van der Waals surface area contributed by atoms with Gasteiger partial charge in [-0.25, -0.2) is 0 Å². The van der Waals surface area contributed by atoms with Crippen molar-refractivity contribution in [3.8, 4) is 0 Å². The monoisotopic (exact) mass is 414 g/mol. The summed E-state index contributed by atoms with van der Waals surface area (Å²) in [5.74, 6) is 4.41. The second-order valence-corrected chi connectivity index (χ2v) is 12.7. The van der Waals surface area contributed by atoms with Gasteiger partial charge in [0.25, 0.3) is 0 Å². The molecule has 0 aliphatic heterocycles. The summed E-state index contributed by atoms with van der Waals surface area (Å²) in [6.45, 7) is 4.71. The molecule has 0 amide bonds. The van der Waals surface area contributed by atoms with E-state index in [2.05, 4.69) is 13.8 Å². The van der Waals surface area contributed by atoms with Crippen molar-refractivity contribution in [2.45, 2.75) is 155 Å². The molecule has 174 valence electrons. The smallest absolute Gasteiger partial charge is 0.0269 e. The van der Waals surface area contributed by atoms with Crippen LogP contribution in [0.5, 0.6) is 0 Å². The average Bonchev–Trinajstić information content (AvgIpc) is 2.81. The minimum Gasteiger partial charge on any atom is -0.0654 e. The van der Waals surface area contributed by atoms with E-state index in [1.807, 2.05) is 0 Å². The third-order valence-electron chi connectivity index (χ3n) is 11.2. The number of fused-ring (bicyclic) bond motifs is 3. The van der Waals surface area contributed by atoms with Crippen LogP contribution in [0.4, 0.5) is 0 Å². The normalized spacial score (nSPS) is 41.8. The van der Waals surface area contributed by atoms with E-state index in [0.29, 0.717) is 0 Å². The molecule has 0 aromatic carbocycles. The topological polar surface area (TPSA) is 0 Å². The Hall–Kier alpha value is 0.